The lowest BCUT2D eigenvalue weighted by atomic mass is 10.2. The van der Waals surface area contributed by atoms with Gasteiger partial charge in [-0.05, 0) is 29.8 Å². The van der Waals surface area contributed by atoms with Gasteiger partial charge in [-0.2, -0.15) is 5.10 Å². The fraction of sp³-hybridized carbons (Fsp3) is 0.0556. The molecular weight excluding hydrogens is 354 g/mol. The van der Waals surface area contributed by atoms with E-state index in [1.165, 1.54) is 6.21 Å². The molecule has 26 heavy (non-hydrogen) atoms. The van der Waals surface area contributed by atoms with Crippen LogP contribution >= 0.6 is 11.6 Å². The monoisotopic (exact) mass is 367 g/mol. The predicted octanol–water partition coefficient (Wildman–Crippen LogP) is 4.34. The normalized spacial score (nSPS) is 15.5. The first-order valence-corrected chi connectivity index (χ1v) is 7.99. The number of carbonyl (C=O) groups excluding carboxylic acids is 1. The van der Waals surface area contributed by atoms with Crippen molar-refractivity contribution in [2.45, 2.75) is 6.61 Å². The Morgan fingerprint density at radius 1 is 1.19 bits per heavy atom. The maximum absolute atomic E-state index is 11.2. The molecule has 2 amide bonds. The summed E-state index contributed by atoms with van der Waals surface area (Å²) in [5, 5.41) is 17.8. The van der Waals surface area contributed by atoms with Crippen LogP contribution < -0.4 is 10.1 Å². The lowest BCUT2D eigenvalue weighted by Gasteiger charge is -2.09. The third kappa shape index (κ3) is 4.61. The molecule has 0 aromatic heterocycles. The van der Waals surface area contributed by atoms with Gasteiger partial charge in [0.1, 0.15) is 18.1 Å². The minimum Gasteiger partial charge on any atom is -0.488 e. The fourth-order valence-electron chi connectivity index (χ4n) is 2.09. The standard InChI is InChI=1S/C18H14ClN5O2/c1-12-17(21-18(25)24-22-12)23-20-10-14-6-2-3-8-16(14)26-11-13-5-4-7-15(19)9-13/h2-10H,1,11H2,(H,21,23,25)/b20-10+. The molecule has 0 atom stereocenters. The SMILES string of the molecule is C=C1N=NC(=O)N/C1=N/N=C/c1ccccc1OCc1cccc(Cl)c1. The first-order valence-electron chi connectivity index (χ1n) is 7.61. The summed E-state index contributed by atoms with van der Waals surface area (Å²) in [7, 11) is 0. The smallest absolute Gasteiger partial charge is 0.365 e. The molecule has 0 saturated heterocycles. The van der Waals surface area contributed by atoms with Crippen LogP contribution in [0.5, 0.6) is 5.75 Å². The van der Waals surface area contributed by atoms with Crippen molar-refractivity contribution in [1.29, 1.82) is 0 Å². The Morgan fingerprint density at radius 3 is 2.88 bits per heavy atom. The third-order valence-corrected chi connectivity index (χ3v) is 3.55. The lowest BCUT2D eigenvalue weighted by Crippen LogP contribution is -2.31. The number of para-hydroxylation sites is 1. The van der Waals surface area contributed by atoms with Crippen LogP contribution in [-0.4, -0.2) is 18.1 Å². The van der Waals surface area contributed by atoms with Crippen LogP contribution in [0.25, 0.3) is 0 Å². The van der Waals surface area contributed by atoms with Crippen molar-refractivity contribution in [3.63, 3.8) is 0 Å². The van der Waals surface area contributed by atoms with Crippen molar-refractivity contribution in [2.75, 3.05) is 0 Å². The van der Waals surface area contributed by atoms with E-state index in [2.05, 4.69) is 32.3 Å². The zero-order chi connectivity index (χ0) is 18.4. The Balaban J connectivity index is 1.72. The van der Waals surface area contributed by atoms with Gasteiger partial charge in [0.25, 0.3) is 0 Å². The zero-order valence-electron chi connectivity index (χ0n) is 13.6. The number of nitrogens with one attached hydrogen (secondary N) is 1. The van der Waals surface area contributed by atoms with E-state index in [-0.39, 0.29) is 11.5 Å². The molecule has 0 fully saturated rings. The Kier molecular flexibility index (Phi) is 5.50. The maximum atomic E-state index is 11.2. The van der Waals surface area contributed by atoms with Gasteiger partial charge in [-0.25, -0.2) is 4.79 Å². The molecule has 1 aliphatic rings. The van der Waals surface area contributed by atoms with E-state index in [9.17, 15) is 4.79 Å². The van der Waals surface area contributed by atoms with E-state index < -0.39 is 6.03 Å². The number of hydrogen-bond acceptors (Lipinski definition) is 5. The summed E-state index contributed by atoms with van der Waals surface area (Å²) < 4.78 is 5.84. The average molecular weight is 368 g/mol. The van der Waals surface area contributed by atoms with Crippen LogP contribution in [0.2, 0.25) is 5.02 Å². The minimum absolute atomic E-state index is 0.151. The predicted molar refractivity (Wildman–Crippen MR) is 99.8 cm³/mol. The van der Waals surface area contributed by atoms with E-state index in [0.29, 0.717) is 17.4 Å². The average Bonchev–Trinajstić information content (AvgIpc) is 2.64. The third-order valence-electron chi connectivity index (χ3n) is 3.32. The molecule has 1 heterocycles. The molecule has 2 aromatic carbocycles. The highest BCUT2D eigenvalue weighted by Gasteiger charge is 2.14. The molecule has 0 spiro atoms. The lowest BCUT2D eigenvalue weighted by molar-refractivity contribution is 0.251. The van der Waals surface area contributed by atoms with E-state index in [4.69, 9.17) is 16.3 Å². The van der Waals surface area contributed by atoms with E-state index in [1.54, 1.807) is 0 Å². The molecule has 0 radical (unpaired) electrons. The molecular formula is C18H14ClN5O2. The topological polar surface area (TPSA) is 87.8 Å². The number of halogens is 1. The number of rotatable bonds is 5. The van der Waals surface area contributed by atoms with Gasteiger partial charge in [0.05, 0.1) is 6.21 Å². The van der Waals surface area contributed by atoms with Gasteiger partial charge >= 0.3 is 6.03 Å². The van der Waals surface area contributed by atoms with E-state index >= 15 is 0 Å². The summed E-state index contributed by atoms with van der Waals surface area (Å²) in [5.41, 5.74) is 1.91. The van der Waals surface area contributed by atoms with E-state index in [0.717, 1.165) is 11.1 Å². The zero-order valence-corrected chi connectivity index (χ0v) is 14.3. The highest BCUT2D eigenvalue weighted by Crippen LogP contribution is 2.19. The largest absolute Gasteiger partial charge is 0.488 e. The van der Waals surface area contributed by atoms with Crippen molar-refractivity contribution >= 4 is 29.7 Å². The van der Waals surface area contributed by atoms with Crippen molar-refractivity contribution in [3.05, 3.63) is 77.0 Å². The quantitative estimate of drug-likeness (QED) is 0.629. The first kappa shape index (κ1) is 17.5. The van der Waals surface area contributed by atoms with Crippen molar-refractivity contribution in [2.24, 2.45) is 20.4 Å². The first-order chi connectivity index (χ1) is 12.6. The van der Waals surface area contributed by atoms with Crippen LogP contribution in [0, 0.1) is 0 Å². The molecule has 1 N–H and O–H groups in total. The number of amides is 2. The molecule has 2 aromatic rings. The highest BCUT2D eigenvalue weighted by atomic mass is 35.5. The second kappa shape index (κ2) is 8.17. The second-order valence-corrected chi connectivity index (χ2v) is 5.66. The van der Waals surface area contributed by atoms with Crippen LogP contribution in [0.15, 0.2) is 81.2 Å². The second-order valence-electron chi connectivity index (χ2n) is 5.23. The number of nitrogens with zero attached hydrogens (tertiary/aromatic N) is 4. The van der Waals surface area contributed by atoms with Crippen molar-refractivity contribution in [1.82, 2.24) is 5.32 Å². The number of amidine groups is 1. The van der Waals surface area contributed by atoms with Gasteiger partial charge in [-0.15, -0.1) is 10.2 Å². The maximum Gasteiger partial charge on any atom is 0.365 e. The number of benzene rings is 2. The number of hydrogen-bond donors (Lipinski definition) is 1. The van der Waals surface area contributed by atoms with Gasteiger partial charge in [0, 0.05) is 10.6 Å². The van der Waals surface area contributed by atoms with Crippen LogP contribution in [0.3, 0.4) is 0 Å². The van der Waals surface area contributed by atoms with Crippen LogP contribution in [-0.2, 0) is 6.61 Å². The van der Waals surface area contributed by atoms with Gasteiger partial charge in [-0.1, -0.05) is 47.6 Å². The molecule has 0 aliphatic carbocycles. The molecule has 7 nitrogen and oxygen atoms in total. The van der Waals surface area contributed by atoms with Gasteiger partial charge in [0.2, 0.25) is 0 Å². The molecule has 3 rings (SSSR count). The van der Waals surface area contributed by atoms with E-state index in [1.807, 2.05) is 48.5 Å². The van der Waals surface area contributed by atoms with Crippen molar-refractivity contribution in [3.8, 4) is 5.75 Å². The summed E-state index contributed by atoms with van der Waals surface area (Å²) in [6, 6.07) is 14.2. The Hall–Kier alpha value is -3.32. The Morgan fingerprint density at radius 2 is 2.04 bits per heavy atom. The summed E-state index contributed by atoms with van der Waals surface area (Å²) >= 11 is 5.98. The van der Waals surface area contributed by atoms with Crippen LogP contribution in [0.1, 0.15) is 11.1 Å². The van der Waals surface area contributed by atoms with Gasteiger partial charge < -0.3 is 4.74 Å². The molecule has 1 aliphatic heterocycles. The van der Waals surface area contributed by atoms with Crippen molar-refractivity contribution < 1.29 is 9.53 Å². The Labute approximate surface area is 154 Å². The number of azo groups is 1. The van der Waals surface area contributed by atoms with Gasteiger partial charge in [-0.3, -0.25) is 5.32 Å². The Bertz CT molecular complexity index is 937. The summed E-state index contributed by atoms with van der Waals surface area (Å²) in [6.07, 6.45) is 1.52. The number of carbonyl (C=O) groups is 1. The minimum atomic E-state index is -0.614. The summed E-state index contributed by atoms with van der Waals surface area (Å²) in [6.45, 7) is 4.00. The fourth-order valence-corrected chi connectivity index (χ4v) is 2.30. The van der Waals surface area contributed by atoms with Crippen LogP contribution in [0.4, 0.5) is 4.79 Å². The highest BCUT2D eigenvalue weighted by molar-refractivity contribution is 6.30. The number of urea groups is 1. The molecule has 0 saturated carbocycles. The molecule has 130 valence electrons. The van der Waals surface area contributed by atoms with Gasteiger partial charge in [0.15, 0.2) is 5.84 Å². The molecule has 0 bridgehead atoms. The molecule has 0 unspecified atom stereocenters. The summed E-state index contributed by atoms with van der Waals surface area (Å²) in [5.74, 6) is 0.793. The number of ether oxygens (including phenoxy) is 1. The molecule has 8 heteroatoms. The summed E-state index contributed by atoms with van der Waals surface area (Å²) in [4.78, 5) is 11.2.